The van der Waals surface area contributed by atoms with Crippen molar-refractivity contribution in [3.63, 3.8) is 0 Å². The molecule has 0 amide bonds. The third-order valence-electron chi connectivity index (χ3n) is 4.34. The van der Waals surface area contributed by atoms with E-state index in [1.165, 1.54) is 28.4 Å². The van der Waals surface area contributed by atoms with E-state index in [0.717, 1.165) is 5.56 Å². The van der Waals surface area contributed by atoms with Gasteiger partial charge in [0.05, 0.1) is 14.2 Å². The highest BCUT2D eigenvalue weighted by molar-refractivity contribution is 6.00. The fourth-order valence-corrected chi connectivity index (χ4v) is 2.86. The Hall–Kier alpha value is -1.92. The normalized spacial score (nSPS) is 12.8. The molecule has 0 radical (unpaired) electrons. The van der Waals surface area contributed by atoms with E-state index in [0.29, 0.717) is 6.42 Å². The van der Waals surface area contributed by atoms with Crippen molar-refractivity contribution in [3.8, 4) is 0 Å². The Bertz CT molecular complexity index is 508. The Morgan fingerprint density at radius 2 is 1.46 bits per heavy atom. The van der Waals surface area contributed by atoms with Crippen molar-refractivity contribution in [3.05, 3.63) is 35.9 Å². The second-order valence-corrected chi connectivity index (χ2v) is 5.65. The number of esters is 2. The standard InChI is InChI=1S/C18H26O6/c1-13(11-15(21-2)22-3)18(16(19)23-4,17(20)24-5)12-14-9-7-6-8-10-14/h6-10,13,15H,11-12H2,1-5H3/t13-/m0/s1. The third kappa shape index (κ3) is 4.33. The van der Waals surface area contributed by atoms with Gasteiger partial charge in [0.1, 0.15) is 0 Å². The highest BCUT2D eigenvalue weighted by atomic mass is 16.7. The van der Waals surface area contributed by atoms with Gasteiger partial charge < -0.3 is 18.9 Å². The predicted octanol–water partition coefficient (Wildman–Crippen LogP) is 2.21. The maximum absolute atomic E-state index is 12.6. The molecule has 0 saturated carbocycles. The molecule has 0 aromatic heterocycles. The van der Waals surface area contributed by atoms with Gasteiger partial charge >= 0.3 is 11.9 Å². The molecule has 1 atom stereocenters. The van der Waals surface area contributed by atoms with Crippen LogP contribution in [0.1, 0.15) is 18.9 Å². The summed E-state index contributed by atoms with van der Waals surface area (Å²) in [6.45, 7) is 1.79. The fraction of sp³-hybridized carbons (Fsp3) is 0.556. The van der Waals surface area contributed by atoms with E-state index in [1.54, 1.807) is 6.92 Å². The van der Waals surface area contributed by atoms with Gasteiger partial charge in [-0.15, -0.1) is 0 Å². The first-order chi connectivity index (χ1) is 11.5. The molecule has 0 N–H and O–H groups in total. The van der Waals surface area contributed by atoms with E-state index in [-0.39, 0.29) is 6.42 Å². The maximum Gasteiger partial charge on any atom is 0.323 e. The number of methoxy groups -OCH3 is 4. The molecule has 0 aliphatic rings. The van der Waals surface area contributed by atoms with E-state index in [4.69, 9.17) is 18.9 Å². The van der Waals surface area contributed by atoms with Crippen LogP contribution in [0.15, 0.2) is 30.3 Å². The van der Waals surface area contributed by atoms with Crippen molar-refractivity contribution in [2.75, 3.05) is 28.4 Å². The molecule has 0 spiro atoms. The van der Waals surface area contributed by atoms with Gasteiger partial charge in [0.25, 0.3) is 0 Å². The molecular weight excluding hydrogens is 312 g/mol. The van der Waals surface area contributed by atoms with Crippen LogP contribution in [0, 0.1) is 11.3 Å². The minimum atomic E-state index is -1.47. The summed E-state index contributed by atoms with van der Waals surface area (Å²) in [6.07, 6.45) is -0.0251. The summed E-state index contributed by atoms with van der Waals surface area (Å²) >= 11 is 0. The Balaban J connectivity index is 3.30. The smallest absolute Gasteiger partial charge is 0.323 e. The van der Waals surface area contributed by atoms with Gasteiger partial charge in [0.2, 0.25) is 0 Å². The van der Waals surface area contributed by atoms with Crippen molar-refractivity contribution < 1.29 is 28.5 Å². The summed E-state index contributed by atoms with van der Waals surface area (Å²) in [7, 11) is 5.55. The Morgan fingerprint density at radius 3 is 1.88 bits per heavy atom. The van der Waals surface area contributed by atoms with Gasteiger partial charge in [-0.25, -0.2) is 0 Å². The van der Waals surface area contributed by atoms with Crippen LogP contribution in [0.25, 0.3) is 0 Å². The van der Waals surface area contributed by atoms with E-state index in [1.807, 2.05) is 30.3 Å². The second kappa shape index (κ2) is 9.39. The van der Waals surface area contributed by atoms with Crippen LogP contribution in [-0.2, 0) is 35.0 Å². The molecule has 0 bridgehead atoms. The average Bonchev–Trinajstić information content (AvgIpc) is 2.63. The largest absolute Gasteiger partial charge is 0.468 e. The van der Waals surface area contributed by atoms with E-state index < -0.39 is 29.6 Å². The van der Waals surface area contributed by atoms with Crippen molar-refractivity contribution in [2.24, 2.45) is 11.3 Å². The highest BCUT2D eigenvalue weighted by Gasteiger charge is 2.53. The van der Waals surface area contributed by atoms with Gasteiger partial charge in [-0.05, 0) is 17.9 Å². The van der Waals surface area contributed by atoms with Crippen molar-refractivity contribution in [1.82, 2.24) is 0 Å². The third-order valence-corrected chi connectivity index (χ3v) is 4.34. The minimum Gasteiger partial charge on any atom is -0.468 e. The molecule has 6 nitrogen and oxygen atoms in total. The van der Waals surface area contributed by atoms with Gasteiger partial charge in [-0.3, -0.25) is 9.59 Å². The molecule has 24 heavy (non-hydrogen) atoms. The van der Waals surface area contributed by atoms with Crippen molar-refractivity contribution in [2.45, 2.75) is 26.1 Å². The van der Waals surface area contributed by atoms with E-state index in [2.05, 4.69) is 0 Å². The molecule has 1 aromatic carbocycles. The lowest BCUT2D eigenvalue weighted by Crippen LogP contribution is -2.49. The summed E-state index contributed by atoms with van der Waals surface area (Å²) < 4.78 is 20.4. The lowest BCUT2D eigenvalue weighted by Gasteiger charge is -2.35. The molecule has 1 rings (SSSR count). The Morgan fingerprint density at radius 1 is 0.958 bits per heavy atom. The topological polar surface area (TPSA) is 71.1 Å². The first kappa shape index (κ1) is 20.1. The number of benzene rings is 1. The quantitative estimate of drug-likeness (QED) is 0.390. The number of ether oxygens (including phenoxy) is 4. The molecule has 0 saturated heterocycles. The number of hydrogen-bond acceptors (Lipinski definition) is 6. The molecule has 134 valence electrons. The predicted molar refractivity (Wildman–Crippen MR) is 88.2 cm³/mol. The van der Waals surface area contributed by atoms with Gasteiger partial charge in [-0.2, -0.15) is 0 Å². The zero-order valence-corrected chi connectivity index (χ0v) is 14.9. The van der Waals surface area contributed by atoms with E-state index in [9.17, 15) is 9.59 Å². The number of hydrogen-bond donors (Lipinski definition) is 0. The van der Waals surface area contributed by atoms with Crippen LogP contribution in [-0.4, -0.2) is 46.7 Å². The number of rotatable bonds is 9. The highest BCUT2D eigenvalue weighted by Crippen LogP contribution is 2.38. The zero-order chi connectivity index (χ0) is 18.2. The fourth-order valence-electron chi connectivity index (χ4n) is 2.86. The van der Waals surface area contributed by atoms with Gasteiger partial charge in [0, 0.05) is 20.6 Å². The number of carbonyl (C=O) groups excluding carboxylic acids is 2. The monoisotopic (exact) mass is 338 g/mol. The summed E-state index contributed by atoms with van der Waals surface area (Å²) in [5, 5.41) is 0. The molecule has 0 fully saturated rings. The molecule has 1 aromatic rings. The number of carbonyl (C=O) groups is 2. The minimum absolute atomic E-state index is 0.175. The van der Waals surface area contributed by atoms with E-state index >= 15 is 0 Å². The molecule has 0 heterocycles. The average molecular weight is 338 g/mol. The summed E-state index contributed by atoms with van der Waals surface area (Å²) in [5.74, 6) is -1.68. The second-order valence-electron chi connectivity index (χ2n) is 5.65. The maximum atomic E-state index is 12.6. The van der Waals surface area contributed by atoms with Gasteiger partial charge in [0.15, 0.2) is 11.7 Å². The molecular formula is C18H26O6. The van der Waals surface area contributed by atoms with Crippen molar-refractivity contribution >= 4 is 11.9 Å². The SMILES string of the molecule is COC(=O)C(Cc1ccccc1)(C(=O)OC)[C@@H](C)CC(OC)OC. The Labute approximate surface area is 143 Å². The summed E-state index contributed by atoms with van der Waals surface area (Å²) in [4.78, 5) is 25.3. The zero-order valence-electron chi connectivity index (χ0n) is 14.9. The molecule has 0 unspecified atom stereocenters. The van der Waals surface area contributed by atoms with Crippen LogP contribution < -0.4 is 0 Å². The molecule has 0 aliphatic heterocycles. The lowest BCUT2D eigenvalue weighted by atomic mass is 9.70. The first-order valence-electron chi connectivity index (χ1n) is 7.72. The summed E-state index contributed by atoms with van der Waals surface area (Å²) in [6, 6.07) is 9.30. The molecule has 0 aliphatic carbocycles. The summed E-state index contributed by atoms with van der Waals surface area (Å²) in [5.41, 5.74) is -0.633. The van der Waals surface area contributed by atoms with Crippen LogP contribution in [0.4, 0.5) is 0 Å². The Kier molecular flexibility index (Phi) is 7.88. The van der Waals surface area contributed by atoms with Crippen LogP contribution >= 0.6 is 0 Å². The first-order valence-corrected chi connectivity index (χ1v) is 7.72. The van der Waals surface area contributed by atoms with Gasteiger partial charge in [-0.1, -0.05) is 37.3 Å². The van der Waals surface area contributed by atoms with Crippen LogP contribution in [0.3, 0.4) is 0 Å². The van der Waals surface area contributed by atoms with Crippen LogP contribution in [0.2, 0.25) is 0 Å². The lowest BCUT2D eigenvalue weighted by molar-refractivity contribution is -0.178. The van der Waals surface area contributed by atoms with Crippen LogP contribution in [0.5, 0.6) is 0 Å². The molecule has 6 heteroatoms. The van der Waals surface area contributed by atoms with Crippen molar-refractivity contribution in [1.29, 1.82) is 0 Å².